The lowest BCUT2D eigenvalue weighted by molar-refractivity contribution is 0.596. The van der Waals surface area contributed by atoms with E-state index in [0.29, 0.717) is 17.2 Å². The number of thioether (sulfide) groups is 1. The van der Waals surface area contributed by atoms with Crippen LogP contribution in [0.5, 0.6) is 0 Å². The summed E-state index contributed by atoms with van der Waals surface area (Å²) < 4.78 is 21.3. The van der Waals surface area contributed by atoms with Crippen LogP contribution in [0.4, 0.5) is 0 Å². The quantitative estimate of drug-likeness (QED) is 0.655. The molecule has 1 aromatic carbocycles. The van der Waals surface area contributed by atoms with Crippen molar-refractivity contribution >= 4 is 33.4 Å². The molecular weight excluding hydrogens is 254 g/mol. The van der Waals surface area contributed by atoms with Crippen LogP contribution in [0.2, 0.25) is 5.02 Å². The van der Waals surface area contributed by atoms with Crippen molar-refractivity contribution < 1.29 is 8.42 Å². The van der Waals surface area contributed by atoms with Gasteiger partial charge in [0, 0.05) is 4.90 Å². The molecular formula is C9H12ClNO2S2. The Bertz CT molecular complexity index is 420. The molecule has 0 amide bonds. The van der Waals surface area contributed by atoms with E-state index in [1.54, 1.807) is 0 Å². The Morgan fingerprint density at radius 1 is 1.33 bits per heavy atom. The topological polar surface area (TPSA) is 60.2 Å². The van der Waals surface area contributed by atoms with Gasteiger partial charge in [-0.3, -0.25) is 0 Å². The molecule has 0 unspecified atom stereocenters. The number of rotatable bonds is 5. The molecule has 0 saturated carbocycles. The summed E-state index contributed by atoms with van der Waals surface area (Å²) in [6, 6.07) is 7.47. The molecule has 0 spiro atoms. The van der Waals surface area contributed by atoms with E-state index in [-0.39, 0.29) is 5.75 Å². The van der Waals surface area contributed by atoms with Crippen molar-refractivity contribution in [1.29, 1.82) is 0 Å². The molecule has 0 aromatic heterocycles. The third-order valence-electron chi connectivity index (χ3n) is 1.67. The predicted octanol–water partition coefficient (Wildman–Crippen LogP) is 2.11. The van der Waals surface area contributed by atoms with Crippen LogP contribution in [-0.4, -0.2) is 19.9 Å². The Morgan fingerprint density at radius 3 is 2.60 bits per heavy atom. The van der Waals surface area contributed by atoms with Crippen LogP contribution < -0.4 is 5.14 Å². The molecule has 0 aliphatic heterocycles. The summed E-state index contributed by atoms with van der Waals surface area (Å²) in [5, 5.41) is 5.57. The first kappa shape index (κ1) is 12.8. The number of hydrogen-bond donors (Lipinski definition) is 1. The molecule has 0 radical (unpaired) electrons. The highest BCUT2D eigenvalue weighted by atomic mass is 35.5. The van der Waals surface area contributed by atoms with E-state index in [9.17, 15) is 8.42 Å². The number of nitrogens with two attached hydrogens (primary N) is 1. The lowest BCUT2D eigenvalue weighted by Crippen LogP contribution is -2.16. The van der Waals surface area contributed by atoms with Gasteiger partial charge < -0.3 is 0 Å². The molecule has 3 nitrogen and oxygen atoms in total. The first-order chi connectivity index (χ1) is 6.99. The van der Waals surface area contributed by atoms with Gasteiger partial charge in [0.05, 0.1) is 10.8 Å². The van der Waals surface area contributed by atoms with Gasteiger partial charge in [-0.2, -0.15) is 0 Å². The fraction of sp³-hybridized carbons (Fsp3) is 0.333. The second-order valence-electron chi connectivity index (χ2n) is 3.00. The minimum Gasteiger partial charge on any atom is -0.229 e. The molecule has 15 heavy (non-hydrogen) atoms. The zero-order chi connectivity index (χ0) is 11.3. The summed E-state index contributed by atoms with van der Waals surface area (Å²) in [5.74, 6) is 0.713. The third-order valence-corrected chi connectivity index (χ3v) is 4.13. The van der Waals surface area contributed by atoms with E-state index < -0.39 is 10.0 Å². The van der Waals surface area contributed by atoms with Crippen molar-refractivity contribution in [2.45, 2.75) is 11.3 Å². The maximum atomic E-state index is 10.7. The minimum atomic E-state index is -3.33. The standard InChI is InChI=1S/C9H12ClNO2S2/c10-8-4-1-2-5-9(8)14-6-3-7-15(11,12)13/h1-2,4-5H,3,6-7H2,(H2,11,12,13). The van der Waals surface area contributed by atoms with E-state index in [1.165, 1.54) is 11.8 Å². The zero-order valence-corrected chi connectivity index (χ0v) is 10.4. The molecule has 1 rings (SSSR count). The molecule has 1 aromatic rings. The predicted molar refractivity (Wildman–Crippen MR) is 64.8 cm³/mol. The van der Waals surface area contributed by atoms with Gasteiger partial charge in [-0.15, -0.1) is 11.8 Å². The van der Waals surface area contributed by atoms with E-state index in [2.05, 4.69) is 0 Å². The molecule has 0 saturated heterocycles. The van der Waals surface area contributed by atoms with Crippen LogP contribution in [0, 0.1) is 0 Å². The smallest absolute Gasteiger partial charge is 0.209 e. The molecule has 0 fully saturated rings. The fourth-order valence-corrected chi connectivity index (χ4v) is 2.92. The first-order valence-electron chi connectivity index (χ1n) is 4.37. The second-order valence-corrected chi connectivity index (χ2v) is 6.28. The van der Waals surface area contributed by atoms with Gasteiger partial charge in [0.25, 0.3) is 0 Å². The van der Waals surface area contributed by atoms with Gasteiger partial charge in [-0.1, -0.05) is 23.7 Å². The van der Waals surface area contributed by atoms with Crippen LogP contribution in [0.25, 0.3) is 0 Å². The lowest BCUT2D eigenvalue weighted by Gasteiger charge is -2.02. The Morgan fingerprint density at radius 2 is 2.00 bits per heavy atom. The van der Waals surface area contributed by atoms with Crippen molar-refractivity contribution in [2.24, 2.45) is 5.14 Å². The zero-order valence-electron chi connectivity index (χ0n) is 8.02. The number of hydrogen-bond acceptors (Lipinski definition) is 3. The molecule has 84 valence electrons. The highest BCUT2D eigenvalue weighted by molar-refractivity contribution is 7.99. The fourth-order valence-electron chi connectivity index (χ4n) is 1.00. The third kappa shape index (κ3) is 5.41. The van der Waals surface area contributed by atoms with Gasteiger partial charge in [0.1, 0.15) is 0 Å². The summed E-state index contributed by atoms with van der Waals surface area (Å²) in [6.07, 6.45) is 0.536. The maximum Gasteiger partial charge on any atom is 0.209 e. The summed E-state index contributed by atoms with van der Waals surface area (Å²) >= 11 is 7.47. The van der Waals surface area contributed by atoms with Crippen LogP contribution in [0.1, 0.15) is 6.42 Å². The van der Waals surface area contributed by atoms with E-state index in [1.807, 2.05) is 24.3 Å². The van der Waals surface area contributed by atoms with E-state index in [0.717, 1.165) is 4.90 Å². The Labute approximate surface area is 99.1 Å². The van der Waals surface area contributed by atoms with Gasteiger partial charge in [0.2, 0.25) is 10.0 Å². The average Bonchev–Trinajstić information content (AvgIpc) is 2.13. The Hall–Kier alpha value is -0.230. The van der Waals surface area contributed by atoms with E-state index >= 15 is 0 Å². The largest absolute Gasteiger partial charge is 0.229 e. The number of halogens is 1. The summed E-state index contributed by atoms with van der Waals surface area (Å²) in [4.78, 5) is 0.966. The van der Waals surface area contributed by atoms with Gasteiger partial charge in [-0.05, 0) is 24.3 Å². The van der Waals surface area contributed by atoms with Gasteiger partial charge >= 0.3 is 0 Å². The Balaban J connectivity index is 2.36. The maximum absolute atomic E-state index is 10.7. The molecule has 0 aliphatic rings. The molecule has 6 heteroatoms. The summed E-state index contributed by atoms with van der Waals surface area (Å²) in [6.45, 7) is 0. The van der Waals surface area contributed by atoms with Crippen molar-refractivity contribution in [2.75, 3.05) is 11.5 Å². The normalized spacial score (nSPS) is 11.6. The number of benzene rings is 1. The Kier molecular flexibility index (Phi) is 4.92. The monoisotopic (exact) mass is 265 g/mol. The number of primary sulfonamides is 1. The van der Waals surface area contributed by atoms with Crippen molar-refractivity contribution in [3.8, 4) is 0 Å². The molecule has 0 heterocycles. The molecule has 0 bridgehead atoms. The molecule has 0 atom stereocenters. The van der Waals surface area contributed by atoms with Crippen LogP contribution >= 0.6 is 23.4 Å². The minimum absolute atomic E-state index is 0.0183. The average molecular weight is 266 g/mol. The molecule has 2 N–H and O–H groups in total. The van der Waals surface area contributed by atoms with Crippen molar-refractivity contribution in [1.82, 2.24) is 0 Å². The second kappa shape index (κ2) is 5.75. The molecule has 0 aliphatic carbocycles. The lowest BCUT2D eigenvalue weighted by atomic mass is 10.4. The number of sulfonamides is 1. The highest BCUT2D eigenvalue weighted by Crippen LogP contribution is 2.26. The van der Waals surface area contributed by atoms with Crippen LogP contribution in [0.3, 0.4) is 0 Å². The van der Waals surface area contributed by atoms with Crippen LogP contribution in [0.15, 0.2) is 29.2 Å². The first-order valence-corrected chi connectivity index (χ1v) is 7.45. The summed E-state index contributed by atoms with van der Waals surface area (Å²) in [7, 11) is -3.33. The van der Waals surface area contributed by atoms with E-state index in [4.69, 9.17) is 16.7 Å². The van der Waals surface area contributed by atoms with Crippen molar-refractivity contribution in [3.63, 3.8) is 0 Å². The van der Waals surface area contributed by atoms with Gasteiger partial charge in [-0.25, -0.2) is 13.6 Å². The van der Waals surface area contributed by atoms with Crippen LogP contribution in [-0.2, 0) is 10.0 Å². The highest BCUT2D eigenvalue weighted by Gasteiger charge is 2.03. The van der Waals surface area contributed by atoms with Gasteiger partial charge in [0.15, 0.2) is 0 Å². The summed E-state index contributed by atoms with van der Waals surface area (Å²) in [5.41, 5.74) is 0. The SMILES string of the molecule is NS(=O)(=O)CCCSc1ccccc1Cl. The van der Waals surface area contributed by atoms with Crippen molar-refractivity contribution in [3.05, 3.63) is 29.3 Å².